The van der Waals surface area contributed by atoms with Crippen molar-refractivity contribution in [2.45, 2.75) is 18.9 Å². The molecule has 0 aliphatic carbocycles. The Morgan fingerprint density at radius 3 is 2.42 bits per heavy atom. The van der Waals surface area contributed by atoms with Gasteiger partial charge in [0.2, 0.25) is 0 Å². The number of hydrogen-bond donors (Lipinski definition) is 0. The first kappa shape index (κ1) is 23.6. The van der Waals surface area contributed by atoms with Crippen molar-refractivity contribution in [3.05, 3.63) is 71.9 Å². The number of ether oxygens (including phenoxy) is 1. The van der Waals surface area contributed by atoms with E-state index in [4.69, 9.17) is 9.15 Å². The summed E-state index contributed by atoms with van der Waals surface area (Å²) in [5.74, 6) is 0.625. The molecule has 1 aliphatic rings. The summed E-state index contributed by atoms with van der Waals surface area (Å²) in [7, 11) is 5.51. The lowest BCUT2D eigenvalue weighted by Crippen LogP contribution is -2.37. The van der Waals surface area contributed by atoms with Crippen LogP contribution in [0, 0.1) is 11.3 Å². The van der Waals surface area contributed by atoms with Crippen LogP contribution in [0.2, 0.25) is 0 Å². The molecule has 2 aromatic carbocycles. The van der Waals surface area contributed by atoms with Crippen LogP contribution in [0.25, 0.3) is 33.6 Å². The maximum absolute atomic E-state index is 12.2. The molecular weight excluding hydrogens is 452 g/mol. The van der Waals surface area contributed by atoms with E-state index in [-0.39, 0.29) is 5.91 Å². The highest BCUT2D eigenvalue weighted by Crippen LogP contribution is 2.36. The molecule has 1 saturated heterocycles. The Bertz CT molecular complexity index is 1440. The summed E-state index contributed by atoms with van der Waals surface area (Å²) < 4.78 is 11.8. The van der Waals surface area contributed by atoms with Crippen LogP contribution in [0.15, 0.2) is 65.2 Å². The zero-order valence-electron chi connectivity index (χ0n) is 20.7. The molecule has 3 heterocycles. The maximum atomic E-state index is 12.2. The third-order valence-corrected chi connectivity index (χ3v) is 6.78. The highest BCUT2D eigenvalue weighted by Gasteiger charge is 2.22. The van der Waals surface area contributed by atoms with Crippen molar-refractivity contribution in [2.75, 3.05) is 39.3 Å². The molecule has 0 unspecified atom stereocenters. The van der Waals surface area contributed by atoms with E-state index in [0.29, 0.717) is 28.5 Å². The Labute approximate surface area is 210 Å². The molecule has 0 radical (unpaired) electrons. The summed E-state index contributed by atoms with van der Waals surface area (Å²) in [6.07, 6.45) is 3.66. The van der Waals surface area contributed by atoms with Gasteiger partial charge in [-0.15, -0.1) is 0 Å². The molecule has 0 saturated carbocycles. The van der Waals surface area contributed by atoms with Crippen molar-refractivity contribution in [2.24, 2.45) is 0 Å². The molecule has 4 aromatic rings. The SMILES string of the molecule is CN(C)C(=O)c1ccc(-c2cc3nccc(-c4ccc(N(C)C5CCOCC5)c(C#N)c4)c3o2)cc1. The van der Waals surface area contributed by atoms with Gasteiger partial charge in [0, 0.05) is 69.4 Å². The predicted molar refractivity (Wildman–Crippen MR) is 140 cm³/mol. The molecule has 0 spiro atoms. The summed E-state index contributed by atoms with van der Waals surface area (Å²) in [5, 5.41) is 9.93. The number of carbonyl (C=O) groups excluding carboxylic acids is 1. The van der Waals surface area contributed by atoms with Crippen LogP contribution in [0.3, 0.4) is 0 Å². The number of fused-ring (bicyclic) bond motifs is 1. The Morgan fingerprint density at radius 2 is 1.72 bits per heavy atom. The molecule has 0 atom stereocenters. The Balaban J connectivity index is 1.48. The summed E-state index contributed by atoms with van der Waals surface area (Å²) in [6.45, 7) is 1.50. The number of benzene rings is 2. The summed E-state index contributed by atoms with van der Waals surface area (Å²) in [4.78, 5) is 20.4. The summed E-state index contributed by atoms with van der Waals surface area (Å²) in [5.41, 5.74) is 6.20. The quantitative estimate of drug-likeness (QED) is 0.383. The number of carbonyl (C=O) groups is 1. The van der Waals surface area contributed by atoms with Gasteiger partial charge in [0.15, 0.2) is 5.58 Å². The zero-order valence-corrected chi connectivity index (χ0v) is 20.7. The van der Waals surface area contributed by atoms with Gasteiger partial charge in [-0.05, 0) is 48.7 Å². The lowest BCUT2D eigenvalue weighted by atomic mass is 10.00. The number of aromatic nitrogens is 1. The molecular formula is C29H28N4O3. The average molecular weight is 481 g/mol. The van der Waals surface area contributed by atoms with Crippen molar-refractivity contribution in [1.29, 1.82) is 5.26 Å². The van der Waals surface area contributed by atoms with Crippen molar-refractivity contribution in [3.63, 3.8) is 0 Å². The van der Waals surface area contributed by atoms with Crippen LogP contribution in [-0.4, -0.2) is 56.2 Å². The maximum Gasteiger partial charge on any atom is 0.253 e. The van der Waals surface area contributed by atoms with Crippen molar-refractivity contribution in [3.8, 4) is 28.5 Å². The van der Waals surface area contributed by atoms with E-state index in [0.717, 1.165) is 53.9 Å². The molecule has 1 amide bonds. The van der Waals surface area contributed by atoms with Gasteiger partial charge in [-0.3, -0.25) is 9.78 Å². The number of furan rings is 1. The van der Waals surface area contributed by atoms with E-state index in [1.54, 1.807) is 37.3 Å². The van der Waals surface area contributed by atoms with E-state index in [9.17, 15) is 10.1 Å². The Hall–Kier alpha value is -4.15. The normalized spacial score (nSPS) is 13.9. The van der Waals surface area contributed by atoms with E-state index < -0.39 is 0 Å². The zero-order chi connectivity index (χ0) is 25.2. The Kier molecular flexibility index (Phi) is 6.45. The van der Waals surface area contributed by atoms with Gasteiger partial charge >= 0.3 is 0 Å². The number of pyridine rings is 1. The summed E-state index contributed by atoms with van der Waals surface area (Å²) >= 11 is 0. The van der Waals surface area contributed by atoms with E-state index >= 15 is 0 Å². The number of nitriles is 1. The third kappa shape index (κ3) is 4.43. The average Bonchev–Trinajstić information content (AvgIpc) is 3.37. The van der Waals surface area contributed by atoms with Gasteiger partial charge in [-0.2, -0.15) is 5.26 Å². The predicted octanol–water partition coefficient (Wildman–Crippen LogP) is 5.35. The number of hydrogen-bond acceptors (Lipinski definition) is 6. The fraction of sp³-hybridized carbons (Fsp3) is 0.276. The number of anilines is 1. The summed E-state index contributed by atoms with van der Waals surface area (Å²) in [6, 6.07) is 19.9. The molecule has 7 heteroatoms. The lowest BCUT2D eigenvalue weighted by molar-refractivity contribution is 0.0827. The minimum atomic E-state index is -0.0469. The lowest BCUT2D eigenvalue weighted by Gasteiger charge is -2.33. The van der Waals surface area contributed by atoms with Crippen LogP contribution < -0.4 is 4.90 Å². The Morgan fingerprint density at radius 1 is 1.00 bits per heavy atom. The van der Waals surface area contributed by atoms with E-state index in [1.807, 2.05) is 49.5 Å². The first-order valence-electron chi connectivity index (χ1n) is 12.0. The van der Waals surface area contributed by atoms with Crippen molar-refractivity contribution >= 4 is 22.7 Å². The van der Waals surface area contributed by atoms with Gasteiger partial charge in [0.25, 0.3) is 5.91 Å². The first-order valence-corrected chi connectivity index (χ1v) is 12.0. The van der Waals surface area contributed by atoms with E-state index in [2.05, 4.69) is 16.0 Å². The van der Waals surface area contributed by atoms with Gasteiger partial charge in [0.1, 0.15) is 17.3 Å². The van der Waals surface area contributed by atoms with Crippen LogP contribution in [-0.2, 0) is 4.74 Å². The standard InChI is InChI=1S/C29H28N4O3/c1-32(2)29(34)20-6-4-19(5-7-20)27-17-25-28(36-27)24(10-13-31-25)21-8-9-26(22(16-21)18-30)33(3)23-11-14-35-15-12-23/h4-10,13,16-17,23H,11-12,14-15H2,1-3H3. The first-order chi connectivity index (χ1) is 17.5. The molecule has 182 valence electrons. The molecule has 1 aliphatic heterocycles. The molecule has 0 bridgehead atoms. The van der Waals surface area contributed by atoms with Crippen LogP contribution in [0.1, 0.15) is 28.8 Å². The van der Waals surface area contributed by atoms with Crippen molar-refractivity contribution < 1.29 is 13.9 Å². The minimum absolute atomic E-state index is 0.0469. The van der Waals surface area contributed by atoms with Gasteiger partial charge in [-0.1, -0.05) is 18.2 Å². The molecule has 5 rings (SSSR count). The molecule has 1 fully saturated rings. The number of nitrogens with zero attached hydrogens (tertiary/aromatic N) is 4. The van der Waals surface area contributed by atoms with Crippen LogP contribution in [0.4, 0.5) is 5.69 Å². The second kappa shape index (κ2) is 9.84. The molecule has 36 heavy (non-hydrogen) atoms. The van der Waals surface area contributed by atoms with E-state index in [1.165, 1.54) is 0 Å². The third-order valence-electron chi connectivity index (χ3n) is 6.78. The monoisotopic (exact) mass is 480 g/mol. The highest BCUT2D eigenvalue weighted by atomic mass is 16.5. The minimum Gasteiger partial charge on any atom is -0.454 e. The largest absolute Gasteiger partial charge is 0.454 e. The van der Waals surface area contributed by atoms with Crippen molar-refractivity contribution in [1.82, 2.24) is 9.88 Å². The smallest absolute Gasteiger partial charge is 0.253 e. The molecule has 7 nitrogen and oxygen atoms in total. The molecule has 2 aromatic heterocycles. The van der Waals surface area contributed by atoms with Crippen LogP contribution in [0.5, 0.6) is 0 Å². The number of amides is 1. The molecule has 0 N–H and O–H groups in total. The fourth-order valence-corrected chi connectivity index (χ4v) is 4.71. The second-order valence-electron chi connectivity index (χ2n) is 9.26. The van der Waals surface area contributed by atoms with Crippen LogP contribution >= 0.6 is 0 Å². The fourth-order valence-electron chi connectivity index (χ4n) is 4.71. The van der Waals surface area contributed by atoms with Gasteiger partial charge in [-0.25, -0.2) is 0 Å². The van der Waals surface area contributed by atoms with Gasteiger partial charge in [0.05, 0.1) is 11.3 Å². The van der Waals surface area contributed by atoms with Gasteiger partial charge < -0.3 is 19.0 Å². The second-order valence-corrected chi connectivity index (χ2v) is 9.26. The topological polar surface area (TPSA) is 82.6 Å². The highest BCUT2D eigenvalue weighted by molar-refractivity contribution is 5.95. The number of rotatable bonds is 5.